The van der Waals surface area contributed by atoms with E-state index in [1.807, 2.05) is 19.9 Å². The summed E-state index contributed by atoms with van der Waals surface area (Å²) in [6, 6.07) is 8.93. The SMILES string of the molecule is COc1cc(C(CC(=O)NC(CC(C)C)C(=O)N2CC3CC(C2)c2cccc(=O)n2C3)c2c(O)cc3c(c2O)C(=O)OC(C)CCCC(=O)CCCC=C3)cc(OC)c1OC. The maximum Gasteiger partial charge on any atom is 0.342 e. The van der Waals surface area contributed by atoms with Crippen LogP contribution in [-0.2, 0) is 25.7 Å². The zero-order valence-electron chi connectivity index (χ0n) is 36.0. The number of allylic oxidation sites excluding steroid dienone is 1. The smallest absolute Gasteiger partial charge is 0.342 e. The van der Waals surface area contributed by atoms with Crippen LogP contribution in [0.5, 0.6) is 28.7 Å². The van der Waals surface area contributed by atoms with Crippen molar-refractivity contribution in [1.29, 1.82) is 0 Å². The Morgan fingerprint density at radius 1 is 0.951 bits per heavy atom. The minimum atomic E-state index is -1.12. The Morgan fingerprint density at radius 2 is 1.67 bits per heavy atom. The first kappa shape index (κ1) is 44.8. The predicted molar refractivity (Wildman–Crippen MR) is 228 cm³/mol. The second kappa shape index (κ2) is 19.7. The number of rotatable bonds is 11. The van der Waals surface area contributed by atoms with Crippen LogP contribution in [0.25, 0.3) is 6.08 Å². The van der Waals surface area contributed by atoms with Crippen LogP contribution < -0.4 is 25.1 Å². The number of cyclic esters (lactones) is 1. The second-order valence-electron chi connectivity index (χ2n) is 17.0. The van der Waals surface area contributed by atoms with Crippen molar-refractivity contribution in [3.63, 3.8) is 0 Å². The molecular formula is C47H59N3O11. The zero-order chi connectivity index (χ0) is 44.0. The average Bonchev–Trinajstić information content (AvgIpc) is 3.21. The van der Waals surface area contributed by atoms with E-state index < -0.39 is 41.4 Å². The molecule has 0 radical (unpaired) electrons. The number of piperidine rings is 1. The molecule has 1 saturated heterocycles. The van der Waals surface area contributed by atoms with Gasteiger partial charge in [0.2, 0.25) is 17.6 Å². The molecule has 3 aliphatic heterocycles. The molecule has 4 heterocycles. The summed E-state index contributed by atoms with van der Waals surface area (Å²) in [4.78, 5) is 69.7. The van der Waals surface area contributed by atoms with Crippen LogP contribution in [0.2, 0.25) is 0 Å². The summed E-state index contributed by atoms with van der Waals surface area (Å²) in [5, 5.41) is 27.0. The highest BCUT2D eigenvalue weighted by Gasteiger charge is 2.39. The number of phenols is 2. The third kappa shape index (κ3) is 10.2. The topological polar surface area (TPSA) is 183 Å². The van der Waals surface area contributed by atoms with Crippen molar-refractivity contribution in [2.45, 2.75) is 109 Å². The Morgan fingerprint density at radius 3 is 2.36 bits per heavy atom. The molecule has 14 nitrogen and oxygen atoms in total. The Labute approximate surface area is 356 Å². The fourth-order valence-electron chi connectivity index (χ4n) is 9.14. The molecule has 2 amide bonds. The molecule has 0 spiro atoms. The molecule has 3 aromatic rings. The number of esters is 1. The van der Waals surface area contributed by atoms with Gasteiger partial charge in [0.25, 0.3) is 5.56 Å². The minimum absolute atomic E-state index is 0.0150. The number of hydrogen-bond acceptors (Lipinski definition) is 11. The van der Waals surface area contributed by atoms with Gasteiger partial charge in [0.05, 0.1) is 27.4 Å². The maximum absolute atomic E-state index is 14.5. The molecule has 5 atom stereocenters. The van der Waals surface area contributed by atoms with Crippen molar-refractivity contribution >= 4 is 29.6 Å². The molecule has 3 N–H and O–H groups in total. The van der Waals surface area contributed by atoms with E-state index in [1.165, 1.54) is 27.4 Å². The quantitative estimate of drug-likeness (QED) is 0.180. The summed E-state index contributed by atoms with van der Waals surface area (Å²) < 4.78 is 24.5. The van der Waals surface area contributed by atoms with Gasteiger partial charge in [-0.1, -0.05) is 32.1 Å². The highest BCUT2D eigenvalue weighted by atomic mass is 16.5. The minimum Gasteiger partial charge on any atom is -0.507 e. The number of benzene rings is 2. The standard InChI is InChI=1S/C47H59N3O11/c1-27(2)18-35(46(56)49-24-29-19-32(26-49)36-16-11-17-41(54)50(36)25-29)48-40(53)23-34(31-21-38(58-4)45(60-6)39(22-31)59-5)43-37(52)20-30-13-8-7-9-14-33(51)15-10-12-28(3)61-47(57)42(30)44(43)55/h8,11,13,16-17,20-22,27-29,32,34-35,52,55H,7,9-10,12,14-15,18-19,23-26H2,1-6H3,(H,48,53). The number of Topliss-reactive ketones (excluding diaryl/α,β-unsaturated/α-hetero) is 1. The van der Waals surface area contributed by atoms with E-state index in [0.29, 0.717) is 70.1 Å². The van der Waals surface area contributed by atoms with Gasteiger partial charge >= 0.3 is 5.97 Å². The highest BCUT2D eigenvalue weighted by Crippen LogP contribution is 2.48. The predicted octanol–water partition coefficient (Wildman–Crippen LogP) is 6.47. The van der Waals surface area contributed by atoms with Crippen LogP contribution in [0, 0.1) is 11.8 Å². The molecule has 2 aromatic carbocycles. The lowest BCUT2D eigenvalue weighted by molar-refractivity contribution is -0.139. The number of pyridine rings is 1. The number of aromatic hydroxyl groups is 2. The first-order valence-corrected chi connectivity index (χ1v) is 21.3. The number of carbonyl (C=O) groups is 4. The van der Waals surface area contributed by atoms with Gasteiger partial charge in [-0.25, -0.2) is 4.79 Å². The van der Waals surface area contributed by atoms with Gasteiger partial charge in [0.1, 0.15) is 28.9 Å². The molecular weight excluding hydrogens is 783 g/mol. The lowest BCUT2D eigenvalue weighted by Crippen LogP contribution is -2.55. The van der Waals surface area contributed by atoms with Crippen LogP contribution in [0.15, 0.2) is 47.3 Å². The molecule has 14 heteroatoms. The van der Waals surface area contributed by atoms with E-state index in [0.717, 1.165) is 12.1 Å². The summed E-state index contributed by atoms with van der Waals surface area (Å²) in [7, 11) is 4.34. The number of nitrogens with zero attached hydrogens (tertiary/aromatic N) is 2. The number of hydrogen-bond donors (Lipinski definition) is 3. The number of methoxy groups -OCH3 is 3. The van der Waals surface area contributed by atoms with Gasteiger partial charge in [-0.15, -0.1) is 0 Å². The number of nitrogens with one attached hydrogen (secondary N) is 1. The molecule has 6 rings (SSSR count). The van der Waals surface area contributed by atoms with Crippen LogP contribution in [-0.4, -0.2) is 89.8 Å². The van der Waals surface area contributed by atoms with E-state index in [1.54, 1.807) is 52.8 Å². The van der Waals surface area contributed by atoms with Crippen molar-refractivity contribution in [2.24, 2.45) is 11.8 Å². The maximum atomic E-state index is 14.5. The normalized spacial score (nSPS) is 20.4. The molecule has 3 aliphatic rings. The number of ether oxygens (including phenoxy) is 4. The van der Waals surface area contributed by atoms with Crippen molar-refractivity contribution in [3.05, 3.63) is 80.8 Å². The number of likely N-dealkylation sites (tertiary alicyclic amines) is 1. The van der Waals surface area contributed by atoms with Gasteiger partial charge in [-0.05, 0) is 92.7 Å². The molecule has 5 unspecified atom stereocenters. The summed E-state index contributed by atoms with van der Waals surface area (Å²) >= 11 is 0. The number of amides is 2. The fraction of sp³-hybridized carbons (Fsp3) is 0.511. The van der Waals surface area contributed by atoms with E-state index >= 15 is 0 Å². The molecule has 0 aliphatic carbocycles. The highest BCUT2D eigenvalue weighted by molar-refractivity contribution is 5.98. The molecule has 1 aromatic heterocycles. The molecule has 1 fully saturated rings. The van der Waals surface area contributed by atoms with E-state index in [9.17, 15) is 34.2 Å². The molecule has 61 heavy (non-hydrogen) atoms. The average molecular weight is 842 g/mol. The van der Waals surface area contributed by atoms with Gasteiger partial charge < -0.3 is 43.9 Å². The van der Waals surface area contributed by atoms with Gasteiger partial charge in [-0.2, -0.15) is 0 Å². The van der Waals surface area contributed by atoms with Crippen LogP contribution in [0.4, 0.5) is 0 Å². The third-order valence-corrected chi connectivity index (χ3v) is 12.0. The molecule has 328 valence electrons. The van der Waals surface area contributed by atoms with Crippen LogP contribution >= 0.6 is 0 Å². The number of aromatic nitrogens is 1. The first-order valence-electron chi connectivity index (χ1n) is 21.3. The Balaban J connectivity index is 1.38. The van der Waals surface area contributed by atoms with Crippen molar-refractivity contribution in [3.8, 4) is 28.7 Å². The summed E-state index contributed by atoms with van der Waals surface area (Å²) in [5.41, 5.74) is 1.14. The van der Waals surface area contributed by atoms with Gasteiger partial charge in [0.15, 0.2) is 11.5 Å². The van der Waals surface area contributed by atoms with Crippen LogP contribution in [0.1, 0.15) is 123 Å². The van der Waals surface area contributed by atoms with Gasteiger partial charge in [0, 0.05) is 68.1 Å². The number of carbonyl (C=O) groups excluding carboxylic acids is 4. The number of ketones is 1. The van der Waals surface area contributed by atoms with E-state index in [4.69, 9.17) is 18.9 Å². The second-order valence-corrected chi connectivity index (χ2v) is 17.0. The zero-order valence-corrected chi connectivity index (χ0v) is 36.0. The summed E-state index contributed by atoms with van der Waals surface area (Å²) in [5.74, 6) is -2.65. The Hall–Kier alpha value is -5.79. The van der Waals surface area contributed by atoms with E-state index in [2.05, 4.69) is 5.32 Å². The van der Waals surface area contributed by atoms with Crippen molar-refractivity contribution in [1.82, 2.24) is 14.8 Å². The van der Waals surface area contributed by atoms with Crippen LogP contribution in [0.3, 0.4) is 0 Å². The number of fused-ring (bicyclic) bond motifs is 5. The third-order valence-electron chi connectivity index (χ3n) is 12.0. The van der Waals surface area contributed by atoms with E-state index in [-0.39, 0.29) is 75.4 Å². The molecule has 2 bridgehead atoms. The Bertz CT molecular complexity index is 2190. The van der Waals surface area contributed by atoms with Crippen molar-refractivity contribution < 1.29 is 48.3 Å². The summed E-state index contributed by atoms with van der Waals surface area (Å²) in [6.45, 7) is 7.04. The molecule has 0 saturated carbocycles. The fourth-order valence-corrected chi connectivity index (χ4v) is 9.14. The van der Waals surface area contributed by atoms with Crippen molar-refractivity contribution in [2.75, 3.05) is 34.4 Å². The summed E-state index contributed by atoms with van der Waals surface area (Å²) in [6.07, 6.45) is 6.53. The van der Waals surface area contributed by atoms with Gasteiger partial charge in [-0.3, -0.25) is 19.2 Å². The lowest BCUT2D eigenvalue weighted by Gasteiger charge is -2.43. The Kier molecular flexibility index (Phi) is 14.5. The number of phenolic OH excluding ortho intramolecular Hbond substituents is 2. The lowest BCUT2D eigenvalue weighted by atomic mass is 9.82. The monoisotopic (exact) mass is 841 g/mol. The first-order chi connectivity index (χ1) is 29.2. The largest absolute Gasteiger partial charge is 0.507 e.